The van der Waals surface area contributed by atoms with Crippen molar-refractivity contribution in [1.82, 2.24) is 19.5 Å². The van der Waals surface area contributed by atoms with E-state index in [1.54, 1.807) is 17.8 Å². The SMILES string of the molecule is Cc1nc(S[C@@H](C)c2nc3ccccc3c(=O)[nH]2)n(CC(C)C)c1C. The standard InChI is InChI=1S/C19H24N4OS/c1-11(2)10-23-13(4)12(3)20-19(23)25-14(5)17-21-16-9-7-6-8-15(16)18(24)22-17/h6-9,11,14H,10H2,1-5H3,(H,21,22,24)/t14-/m0/s1. The third kappa shape index (κ3) is 3.63. The number of aryl methyl sites for hydroxylation is 1. The van der Waals surface area contributed by atoms with Gasteiger partial charge in [-0.2, -0.15) is 0 Å². The van der Waals surface area contributed by atoms with Crippen LogP contribution >= 0.6 is 11.8 Å². The monoisotopic (exact) mass is 356 g/mol. The summed E-state index contributed by atoms with van der Waals surface area (Å²) in [6.07, 6.45) is 0. The molecule has 0 unspecified atom stereocenters. The van der Waals surface area contributed by atoms with E-state index in [1.807, 2.05) is 25.1 Å². The summed E-state index contributed by atoms with van der Waals surface area (Å²) >= 11 is 1.64. The maximum absolute atomic E-state index is 12.3. The molecule has 3 aromatic rings. The summed E-state index contributed by atoms with van der Waals surface area (Å²) in [7, 11) is 0. The molecule has 6 heteroatoms. The maximum atomic E-state index is 12.3. The molecule has 1 aromatic carbocycles. The molecule has 0 bridgehead atoms. The van der Waals surface area contributed by atoms with Crippen LogP contribution in [0, 0.1) is 19.8 Å². The molecule has 0 fully saturated rings. The summed E-state index contributed by atoms with van der Waals surface area (Å²) in [5.41, 5.74) is 2.89. The summed E-state index contributed by atoms with van der Waals surface area (Å²) in [6.45, 7) is 11.5. The van der Waals surface area contributed by atoms with E-state index >= 15 is 0 Å². The Balaban J connectivity index is 1.94. The minimum absolute atomic E-state index is 0.00409. The van der Waals surface area contributed by atoms with Gasteiger partial charge in [-0.15, -0.1) is 0 Å². The Morgan fingerprint density at radius 3 is 2.60 bits per heavy atom. The van der Waals surface area contributed by atoms with Crippen molar-refractivity contribution in [1.29, 1.82) is 0 Å². The first-order chi connectivity index (χ1) is 11.9. The molecule has 0 aliphatic heterocycles. The smallest absolute Gasteiger partial charge is 0.258 e. The van der Waals surface area contributed by atoms with Crippen molar-refractivity contribution in [2.45, 2.75) is 51.6 Å². The molecule has 25 heavy (non-hydrogen) atoms. The average Bonchev–Trinajstić information content (AvgIpc) is 2.82. The quantitative estimate of drug-likeness (QED) is 0.694. The first-order valence-corrected chi connectivity index (χ1v) is 9.44. The summed E-state index contributed by atoms with van der Waals surface area (Å²) in [5, 5.41) is 1.60. The number of aromatic nitrogens is 4. The number of nitrogens with one attached hydrogen (secondary N) is 1. The number of hydrogen-bond donors (Lipinski definition) is 1. The molecular weight excluding hydrogens is 332 g/mol. The lowest BCUT2D eigenvalue weighted by atomic mass is 10.2. The van der Waals surface area contributed by atoms with E-state index in [0.29, 0.717) is 17.1 Å². The van der Waals surface area contributed by atoms with Crippen LogP contribution in [0.3, 0.4) is 0 Å². The predicted octanol–water partition coefficient (Wildman–Crippen LogP) is 4.25. The van der Waals surface area contributed by atoms with Gasteiger partial charge in [0, 0.05) is 12.2 Å². The van der Waals surface area contributed by atoms with E-state index in [4.69, 9.17) is 4.98 Å². The number of H-pyrrole nitrogens is 1. The van der Waals surface area contributed by atoms with Crippen molar-refractivity contribution in [3.05, 3.63) is 51.8 Å². The summed E-state index contributed by atoms with van der Waals surface area (Å²) in [6, 6.07) is 7.42. The normalized spacial score (nSPS) is 12.9. The lowest BCUT2D eigenvalue weighted by Crippen LogP contribution is -2.13. The highest BCUT2D eigenvalue weighted by atomic mass is 32.2. The zero-order valence-electron chi connectivity index (χ0n) is 15.3. The largest absolute Gasteiger partial charge is 0.323 e. The van der Waals surface area contributed by atoms with Gasteiger partial charge < -0.3 is 9.55 Å². The fourth-order valence-corrected chi connectivity index (χ4v) is 3.87. The van der Waals surface area contributed by atoms with Crippen LogP contribution in [0.2, 0.25) is 0 Å². The number of imidazole rings is 1. The second-order valence-corrected chi connectivity index (χ2v) is 8.11. The summed E-state index contributed by atoms with van der Waals surface area (Å²) < 4.78 is 2.26. The first-order valence-electron chi connectivity index (χ1n) is 8.56. The van der Waals surface area contributed by atoms with Crippen LogP contribution in [0.15, 0.2) is 34.2 Å². The molecule has 132 valence electrons. The van der Waals surface area contributed by atoms with Gasteiger partial charge in [0.05, 0.1) is 21.8 Å². The number of aromatic amines is 1. The Kier molecular flexibility index (Phi) is 4.99. The van der Waals surface area contributed by atoms with Gasteiger partial charge in [-0.05, 0) is 38.8 Å². The molecule has 1 N–H and O–H groups in total. The van der Waals surface area contributed by atoms with Crippen LogP contribution in [-0.2, 0) is 6.54 Å². The molecule has 0 spiro atoms. The molecule has 0 amide bonds. The molecule has 2 aromatic heterocycles. The van der Waals surface area contributed by atoms with Gasteiger partial charge in [0.15, 0.2) is 5.16 Å². The zero-order valence-corrected chi connectivity index (χ0v) is 16.1. The van der Waals surface area contributed by atoms with Gasteiger partial charge >= 0.3 is 0 Å². The van der Waals surface area contributed by atoms with Crippen LogP contribution in [0.1, 0.15) is 43.2 Å². The lowest BCUT2D eigenvalue weighted by Gasteiger charge is -2.15. The van der Waals surface area contributed by atoms with Gasteiger partial charge in [0.1, 0.15) is 5.82 Å². The van der Waals surface area contributed by atoms with Crippen LogP contribution in [0.5, 0.6) is 0 Å². The number of rotatable bonds is 5. The number of hydrogen-bond acceptors (Lipinski definition) is 4. The van der Waals surface area contributed by atoms with Crippen LogP contribution < -0.4 is 5.56 Å². The van der Waals surface area contributed by atoms with Gasteiger partial charge in [-0.3, -0.25) is 4.79 Å². The van der Waals surface area contributed by atoms with Gasteiger partial charge in [0.25, 0.3) is 5.56 Å². The molecular formula is C19H24N4OS. The highest BCUT2D eigenvalue weighted by Gasteiger charge is 2.18. The number of fused-ring (bicyclic) bond motifs is 1. The molecule has 1 atom stereocenters. The Hall–Kier alpha value is -2.08. The van der Waals surface area contributed by atoms with E-state index in [2.05, 4.69) is 42.2 Å². The minimum atomic E-state index is -0.0917. The Morgan fingerprint density at radius 1 is 1.16 bits per heavy atom. The first kappa shape index (κ1) is 17.7. The number of thioether (sulfide) groups is 1. The number of benzene rings is 1. The zero-order chi connectivity index (χ0) is 18.1. The number of nitrogens with zero attached hydrogens (tertiary/aromatic N) is 3. The van der Waals surface area contributed by atoms with E-state index < -0.39 is 0 Å². The van der Waals surface area contributed by atoms with Gasteiger partial charge in [-0.25, -0.2) is 9.97 Å². The van der Waals surface area contributed by atoms with Crippen molar-refractivity contribution >= 4 is 22.7 Å². The van der Waals surface area contributed by atoms with Crippen molar-refractivity contribution in [3.63, 3.8) is 0 Å². The second-order valence-electron chi connectivity index (χ2n) is 6.80. The topological polar surface area (TPSA) is 63.6 Å². The third-order valence-corrected chi connectivity index (χ3v) is 5.37. The van der Waals surface area contributed by atoms with Crippen molar-refractivity contribution in [2.75, 3.05) is 0 Å². The Morgan fingerprint density at radius 2 is 1.88 bits per heavy atom. The molecule has 0 radical (unpaired) electrons. The molecule has 0 aliphatic carbocycles. The molecule has 0 aliphatic rings. The summed E-state index contributed by atoms with van der Waals surface area (Å²) in [4.78, 5) is 24.6. The predicted molar refractivity (Wildman–Crippen MR) is 103 cm³/mol. The van der Waals surface area contributed by atoms with Crippen molar-refractivity contribution in [2.24, 2.45) is 5.92 Å². The molecule has 3 rings (SSSR count). The van der Waals surface area contributed by atoms with Gasteiger partial charge in [-0.1, -0.05) is 37.7 Å². The van der Waals surface area contributed by atoms with Crippen LogP contribution in [0.25, 0.3) is 10.9 Å². The molecule has 0 saturated heterocycles. The highest BCUT2D eigenvalue weighted by Crippen LogP contribution is 2.34. The van der Waals surface area contributed by atoms with Crippen LogP contribution in [-0.4, -0.2) is 19.5 Å². The van der Waals surface area contributed by atoms with E-state index in [1.165, 1.54) is 5.69 Å². The summed E-state index contributed by atoms with van der Waals surface area (Å²) in [5.74, 6) is 1.23. The molecule has 0 saturated carbocycles. The highest BCUT2D eigenvalue weighted by molar-refractivity contribution is 7.99. The van der Waals surface area contributed by atoms with Gasteiger partial charge in [0.2, 0.25) is 0 Å². The van der Waals surface area contributed by atoms with E-state index in [0.717, 1.165) is 22.9 Å². The molecule has 5 nitrogen and oxygen atoms in total. The van der Waals surface area contributed by atoms with Crippen molar-refractivity contribution in [3.8, 4) is 0 Å². The Labute approximate surface area is 151 Å². The van der Waals surface area contributed by atoms with E-state index in [9.17, 15) is 4.79 Å². The maximum Gasteiger partial charge on any atom is 0.258 e. The average molecular weight is 356 g/mol. The fourth-order valence-electron chi connectivity index (χ4n) is 2.80. The molecule has 2 heterocycles. The van der Waals surface area contributed by atoms with E-state index in [-0.39, 0.29) is 10.8 Å². The Bertz CT molecular complexity index is 958. The second kappa shape index (κ2) is 7.04. The number of para-hydroxylation sites is 1. The van der Waals surface area contributed by atoms with Crippen LogP contribution in [0.4, 0.5) is 0 Å². The fraction of sp³-hybridized carbons (Fsp3) is 0.421. The third-order valence-electron chi connectivity index (χ3n) is 4.27. The minimum Gasteiger partial charge on any atom is -0.323 e. The lowest BCUT2D eigenvalue weighted by molar-refractivity contribution is 0.486. The van der Waals surface area contributed by atoms with Crippen molar-refractivity contribution < 1.29 is 0 Å².